The third-order valence-corrected chi connectivity index (χ3v) is 6.35. The average Bonchev–Trinajstić information content (AvgIpc) is 3.15. The molecule has 0 bridgehead atoms. The van der Waals surface area contributed by atoms with Gasteiger partial charge >= 0.3 is 5.16 Å². The van der Waals surface area contributed by atoms with E-state index in [2.05, 4.69) is 15.0 Å². The van der Waals surface area contributed by atoms with Crippen molar-refractivity contribution in [2.75, 3.05) is 19.8 Å². The van der Waals surface area contributed by atoms with Crippen molar-refractivity contribution in [3.63, 3.8) is 0 Å². The average molecular weight is 453 g/mol. The molecule has 1 N–H and O–H groups in total. The van der Waals surface area contributed by atoms with Crippen LogP contribution >= 0.6 is 0 Å². The first-order valence-electron chi connectivity index (χ1n) is 10.0. The molecule has 1 aliphatic heterocycles. The van der Waals surface area contributed by atoms with Crippen molar-refractivity contribution in [3.05, 3.63) is 47.3 Å². The maximum atomic E-state index is 12.9. The monoisotopic (exact) mass is 452 g/mol. The van der Waals surface area contributed by atoms with Crippen LogP contribution in [-0.4, -0.2) is 74.7 Å². The van der Waals surface area contributed by atoms with Crippen molar-refractivity contribution >= 4 is 51.8 Å². The summed E-state index contributed by atoms with van der Waals surface area (Å²) in [4.78, 5) is 12.1. The van der Waals surface area contributed by atoms with Crippen LogP contribution in [0.2, 0.25) is 0 Å². The molecule has 3 aromatic rings. The summed E-state index contributed by atoms with van der Waals surface area (Å²) in [5.74, 6) is 0.684. The molecule has 3 heterocycles. The number of fused-ring (bicyclic) bond motifs is 1. The molecule has 0 amide bonds. The van der Waals surface area contributed by atoms with Gasteiger partial charge in [0.2, 0.25) is 0 Å². The van der Waals surface area contributed by atoms with Gasteiger partial charge in [-0.15, -0.1) is 0 Å². The van der Waals surface area contributed by atoms with Crippen LogP contribution in [0.25, 0.3) is 11.0 Å². The molecule has 1 radical (unpaired) electrons. The third-order valence-electron chi connectivity index (χ3n) is 5.19. The Morgan fingerprint density at radius 2 is 1.94 bits per heavy atom. The fraction of sp³-hybridized carbons (Fsp3) is 0.455. The summed E-state index contributed by atoms with van der Waals surface area (Å²) in [6.07, 6.45) is 1.77. The topological polar surface area (TPSA) is 92.3 Å². The summed E-state index contributed by atoms with van der Waals surface area (Å²) in [6.45, 7) is 9.43. The number of aromatic amines is 1. The van der Waals surface area contributed by atoms with Crippen molar-refractivity contribution in [1.82, 2.24) is 15.0 Å². The Balaban J connectivity index is 0.00000272. The van der Waals surface area contributed by atoms with Gasteiger partial charge in [-0.05, 0) is 39.8 Å². The van der Waals surface area contributed by atoms with Gasteiger partial charge in [0.05, 0.1) is 36.5 Å². The van der Waals surface area contributed by atoms with E-state index < -0.39 is 17.0 Å². The van der Waals surface area contributed by atoms with Crippen molar-refractivity contribution < 1.29 is 18.8 Å². The van der Waals surface area contributed by atoms with Gasteiger partial charge in [-0.1, -0.05) is 12.1 Å². The van der Waals surface area contributed by atoms with Crippen molar-refractivity contribution in [2.45, 2.75) is 44.4 Å². The molecule has 1 aliphatic rings. The van der Waals surface area contributed by atoms with E-state index >= 15 is 0 Å². The summed E-state index contributed by atoms with van der Waals surface area (Å²) < 4.78 is 30.5. The summed E-state index contributed by atoms with van der Waals surface area (Å²) in [5.41, 5.74) is 4.27. The number of imidazole rings is 1. The Hall–Kier alpha value is -1.13. The van der Waals surface area contributed by atoms with E-state index in [1.807, 2.05) is 52.0 Å². The van der Waals surface area contributed by atoms with Crippen LogP contribution in [0.1, 0.15) is 30.7 Å². The molecule has 9 heteroatoms. The molecule has 1 saturated heterocycles. The first-order valence-corrected chi connectivity index (χ1v) is 11.3. The van der Waals surface area contributed by atoms with E-state index in [4.69, 9.17) is 14.2 Å². The number of hydrogen-bond acceptors (Lipinski definition) is 6. The minimum Gasteiger partial charge on any atom is -0.609 e. The number of pyridine rings is 1. The number of rotatable bonds is 6. The third kappa shape index (κ3) is 5.82. The molecule has 0 spiro atoms. The molecule has 1 aromatic carbocycles. The Morgan fingerprint density at radius 3 is 2.65 bits per heavy atom. The molecule has 2 aromatic heterocycles. The van der Waals surface area contributed by atoms with Gasteiger partial charge < -0.3 is 18.8 Å². The molecule has 1 unspecified atom stereocenters. The maximum Gasteiger partial charge on any atom is 0.322 e. The molecule has 0 aliphatic carbocycles. The summed E-state index contributed by atoms with van der Waals surface area (Å²) in [5, 5.41) is 0.458. The molecule has 4 rings (SSSR count). The zero-order chi connectivity index (χ0) is 21.3. The van der Waals surface area contributed by atoms with Crippen LogP contribution in [0.4, 0.5) is 0 Å². The zero-order valence-electron chi connectivity index (χ0n) is 18.7. The fourth-order valence-electron chi connectivity index (χ4n) is 3.38. The van der Waals surface area contributed by atoms with Crippen molar-refractivity contribution in [3.8, 4) is 5.75 Å². The summed E-state index contributed by atoms with van der Waals surface area (Å²) >= 11 is -1.33. The fourth-order valence-corrected chi connectivity index (χ4v) is 4.48. The molecule has 1 fully saturated rings. The molecule has 0 saturated carbocycles. The van der Waals surface area contributed by atoms with Crippen LogP contribution in [0.5, 0.6) is 5.75 Å². The first kappa shape index (κ1) is 24.5. The van der Waals surface area contributed by atoms with Crippen molar-refractivity contribution in [1.29, 1.82) is 0 Å². The van der Waals surface area contributed by atoms with E-state index in [1.54, 1.807) is 6.20 Å². The Bertz CT molecular complexity index is 1000. The van der Waals surface area contributed by atoms with E-state index in [0.717, 1.165) is 33.6 Å². The van der Waals surface area contributed by atoms with E-state index in [0.29, 0.717) is 25.0 Å². The van der Waals surface area contributed by atoms with Gasteiger partial charge in [-0.2, -0.15) is 4.98 Å². The number of nitrogens with zero attached hydrogens (tertiary/aromatic N) is 2. The Labute approximate surface area is 207 Å². The molecule has 1 atom stereocenters. The predicted molar refractivity (Wildman–Crippen MR) is 121 cm³/mol. The number of hydrogen-bond donors (Lipinski definition) is 1. The van der Waals surface area contributed by atoms with Crippen molar-refractivity contribution in [2.24, 2.45) is 5.92 Å². The molecule has 31 heavy (non-hydrogen) atoms. The SMILES string of the molecule is Cc1cnc(C[S+]([O-])c2nc3ccccc3[nH]2)c(C)c1OCC1COC(C)(C)OC1.[Na]. The quantitative estimate of drug-likeness (QED) is 0.456. The number of H-pyrrole nitrogens is 1. The number of ether oxygens (including phenoxy) is 3. The number of benzene rings is 1. The summed E-state index contributed by atoms with van der Waals surface area (Å²) in [6, 6.07) is 7.65. The second-order valence-electron chi connectivity index (χ2n) is 8.09. The van der Waals surface area contributed by atoms with Gasteiger partial charge in [-0.25, -0.2) is 0 Å². The van der Waals surface area contributed by atoms with Crippen LogP contribution in [0, 0.1) is 19.8 Å². The van der Waals surface area contributed by atoms with Gasteiger partial charge in [0.1, 0.15) is 5.75 Å². The predicted octanol–water partition coefficient (Wildman–Crippen LogP) is 3.28. The van der Waals surface area contributed by atoms with Gasteiger partial charge in [-0.3, -0.25) is 9.97 Å². The van der Waals surface area contributed by atoms with Crippen LogP contribution in [-0.2, 0) is 26.4 Å². The minimum absolute atomic E-state index is 0. The standard InChI is InChI=1S/C22H27N3O4S.Na/c1-14-9-23-19(13-30(26)21-24-17-7-5-6-8-18(17)25-21)15(2)20(14)27-10-16-11-28-22(3,4)29-12-16;/h5-9,16H,10-13H2,1-4H3,(H,24,25);. The number of nitrogens with one attached hydrogen (secondary N) is 1. The van der Waals surface area contributed by atoms with Crippen LogP contribution in [0.3, 0.4) is 0 Å². The van der Waals surface area contributed by atoms with Gasteiger partial charge in [0.15, 0.2) is 11.5 Å². The number of para-hydroxylation sites is 2. The van der Waals surface area contributed by atoms with Gasteiger partial charge in [0.25, 0.3) is 0 Å². The molecular formula is C22H27N3NaO4S. The van der Waals surface area contributed by atoms with E-state index in [1.165, 1.54) is 0 Å². The normalized spacial score (nSPS) is 17.3. The first-order chi connectivity index (χ1) is 14.3. The molecule has 7 nitrogen and oxygen atoms in total. The zero-order valence-corrected chi connectivity index (χ0v) is 21.5. The number of aromatic nitrogens is 3. The van der Waals surface area contributed by atoms with Gasteiger partial charge in [0, 0.05) is 64.0 Å². The smallest absolute Gasteiger partial charge is 0.322 e. The Kier molecular flexibility index (Phi) is 8.07. The minimum atomic E-state index is -1.33. The largest absolute Gasteiger partial charge is 0.609 e. The molecular weight excluding hydrogens is 425 g/mol. The molecule has 161 valence electrons. The Morgan fingerprint density at radius 1 is 1.23 bits per heavy atom. The second kappa shape index (κ2) is 10.2. The van der Waals surface area contributed by atoms with E-state index in [-0.39, 0.29) is 41.2 Å². The second-order valence-corrected chi connectivity index (χ2v) is 9.46. The number of aryl methyl sites for hydroxylation is 1. The van der Waals surface area contributed by atoms with Crippen LogP contribution < -0.4 is 4.74 Å². The van der Waals surface area contributed by atoms with E-state index in [9.17, 15) is 4.55 Å². The van der Waals surface area contributed by atoms with Crippen LogP contribution in [0.15, 0.2) is 35.6 Å². The summed E-state index contributed by atoms with van der Waals surface area (Å²) in [7, 11) is 0. The maximum absolute atomic E-state index is 12.9.